The summed E-state index contributed by atoms with van der Waals surface area (Å²) in [6.07, 6.45) is 0. The normalized spacial score (nSPS) is 10.8. The summed E-state index contributed by atoms with van der Waals surface area (Å²) in [5.41, 5.74) is 2.68. The number of benzene rings is 3. The van der Waals surface area contributed by atoms with Crippen LogP contribution in [0, 0.1) is 3.57 Å². The minimum absolute atomic E-state index is 0.204. The maximum absolute atomic E-state index is 12.2. The van der Waals surface area contributed by atoms with Crippen molar-refractivity contribution in [3.63, 3.8) is 0 Å². The summed E-state index contributed by atoms with van der Waals surface area (Å²) in [4.78, 5) is 17.7. The highest BCUT2D eigenvalue weighted by Gasteiger charge is 2.13. The number of carbonyl (C=O) groups excluding carboxylic acids is 1. The van der Waals surface area contributed by atoms with Gasteiger partial charge in [-0.15, -0.1) is 11.8 Å². The zero-order valence-corrected chi connectivity index (χ0v) is 21.5. The zero-order chi connectivity index (χ0) is 22.7. The van der Waals surface area contributed by atoms with Gasteiger partial charge in [-0.25, -0.2) is 4.98 Å². The summed E-state index contributed by atoms with van der Waals surface area (Å²) in [7, 11) is 0. The lowest BCUT2D eigenvalue weighted by atomic mass is 10.2. The Morgan fingerprint density at radius 3 is 2.66 bits per heavy atom. The van der Waals surface area contributed by atoms with Gasteiger partial charge in [0.15, 0.2) is 10.7 Å². The van der Waals surface area contributed by atoms with Gasteiger partial charge in [-0.2, -0.15) is 0 Å². The molecule has 0 aliphatic rings. The van der Waals surface area contributed by atoms with Crippen LogP contribution in [0.25, 0.3) is 22.6 Å². The van der Waals surface area contributed by atoms with Crippen molar-refractivity contribution in [3.05, 3.63) is 74.3 Å². The van der Waals surface area contributed by atoms with E-state index in [1.54, 1.807) is 30.3 Å². The standard InChI is InChI=1S/C22H14Cl2IN3O2S2/c23-12-1-5-15(6-2-12)32-11-20(29)28-22(31)26-14-4-8-19-18(10-14)27-21(30-19)16-9-13(25)3-7-17(16)24/h1-10H,11H2,(H2,26,28,29,31). The van der Waals surface area contributed by atoms with Crippen LogP contribution in [0.4, 0.5) is 5.69 Å². The van der Waals surface area contributed by atoms with Crippen molar-refractivity contribution in [2.75, 3.05) is 11.1 Å². The number of anilines is 1. The van der Waals surface area contributed by atoms with Gasteiger partial charge in [0.05, 0.1) is 16.3 Å². The number of carbonyl (C=O) groups is 1. The van der Waals surface area contributed by atoms with Crippen molar-refractivity contribution in [1.29, 1.82) is 0 Å². The molecule has 162 valence electrons. The maximum Gasteiger partial charge on any atom is 0.236 e. The van der Waals surface area contributed by atoms with Gasteiger partial charge in [-0.05, 0) is 95.5 Å². The molecule has 3 aromatic carbocycles. The first-order valence-electron chi connectivity index (χ1n) is 9.22. The molecular weight excluding hydrogens is 600 g/mol. The van der Waals surface area contributed by atoms with Crippen LogP contribution in [0.15, 0.2) is 70.0 Å². The van der Waals surface area contributed by atoms with E-state index < -0.39 is 0 Å². The number of amides is 1. The van der Waals surface area contributed by atoms with Crippen LogP contribution in [0.3, 0.4) is 0 Å². The van der Waals surface area contributed by atoms with Gasteiger partial charge in [-0.3, -0.25) is 4.79 Å². The van der Waals surface area contributed by atoms with Gasteiger partial charge in [-0.1, -0.05) is 23.2 Å². The van der Waals surface area contributed by atoms with E-state index in [0.29, 0.717) is 32.7 Å². The number of thioether (sulfide) groups is 1. The molecule has 0 aliphatic heterocycles. The van der Waals surface area contributed by atoms with Crippen LogP contribution in [0.1, 0.15) is 0 Å². The molecule has 0 aliphatic carbocycles. The maximum atomic E-state index is 12.2. The second-order valence-electron chi connectivity index (χ2n) is 6.57. The Hall–Kier alpha value is -1.85. The van der Waals surface area contributed by atoms with Crippen LogP contribution in [0.2, 0.25) is 10.0 Å². The molecule has 0 bridgehead atoms. The largest absolute Gasteiger partial charge is 0.436 e. The first-order chi connectivity index (χ1) is 15.4. The number of fused-ring (bicyclic) bond motifs is 1. The van der Waals surface area contributed by atoms with Crippen LogP contribution in [-0.2, 0) is 4.79 Å². The molecule has 1 amide bonds. The molecule has 0 saturated heterocycles. The van der Waals surface area contributed by atoms with E-state index in [1.165, 1.54) is 11.8 Å². The van der Waals surface area contributed by atoms with Crippen LogP contribution < -0.4 is 10.6 Å². The average Bonchev–Trinajstić information content (AvgIpc) is 3.18. The number of thiocarbonyl (C=S) groups is 1. The SMILES string of the molecule is O=C(CSc1ccc(Cl)cc1)NC(=S)Nc1ccc2oc(-c3cc(I)ccc3Cl)nc2c1. The summed E-state index contributed by atoms with van der Waals surface area (Å²) >= 11 is 21.0. The smallest absolute Gasteiger partial charge is 0.236 e. The van der Waals surface area contributed by atoms with Gasteiger partial charge < -0.3 is 15.1 Å². The number of aromatic nitrogens is 1. The highest BCUT2D eigenvalue weighted by Crippen LogP contribution is 2.32. The second-order valence-corrected chi connectivity index (χ2v) is 10.1. The lowest BCUT2D eigenvalue weighted by Crippen LogP contribution is -2.35. The zero-order valence-electron chi connectivity index (χ0n) is 16.2. The lowest BCUT2D eigenvalue weighted by molar-refractivity contribution is -0.117. The Balaban J connectivity index is 1.39. The molecule has 0 spiro atoms. The van der Waals surface area contributed by atoms with Crippen molar-refractivity contribution in [2.45, 2.75) is 4.90 Å². The van der Waals surface area contributed by atoms with Crippen molar-refractivity contribution in [2.24, 2.45) is 0 Å². The number of halogens is 3. The van der Waals surface area contributed by atoms with E-state index >= 15 is 0 Å². The Morgan fingerprint density at radius 1 is 1.09 bits per heavy atom. The molecule has 0 fully saturated rings. The third kappa shape index (κ3) is 5.93. The molecule has 0 atom stereocenters. The molecular formula is C22H14Cl2IN3O2S2. The minimum Gasteiger partial charge on any atom is -0.436 e. The van der Waals surface area contributed by atoms with Crippen LogP contribution in [0.5, 0.6) is 0 Å². The third-order valence-corrected chi connectivity index (χ3v) is 6.71. The van der Waals surface area contributed by atoms with Gasteiger partial charge in [0.2, 0.25) is 11.8 Å². The third-order valence-electron chi connectivity index (χ3n) is 4.24. The first-order valence-corrected chi connectivity index (χ1v) is 12.5. The summed E-state index contributed by atoms with van der Waals surface area (Å²) in [5.74, 6) is 0.461. The highest BCUT2D eigenvalue weighted by atomic mass is 127. The number of nitrogens with one attached hydrogen (secondary N) is 2. The predicted octanol–water partition coefficient (Wildman–Crippen LogP) is 7.01. The first kappa shape index (κ1) is 23.3. The summed E-state index contributed by atoms with van der Waals surface area (Å²) in [6.45, 7) is 0. The molecule has 0 unspecified atom stereocenters. The van der Waals surface area contributed by atoms with E-state index in [2.05, 4.69) is 38.2 Å². The number of nitrogens with zero attached hydrogens (tertiary/aromatic N) is 1. The number of hydrogen-bond acceptors (Lipinski definition) is 5. The highest BCUT2D eigenvalue weighted by molar-refractivity contribution is 14.1. The quantitative estimate of drug-likeness (QED) is 0.143. The van der Waals surface area contributed by atoms with Gasteiger partial charge in [0, 0.05) is 19.2 Å². The Labute approximate surface area is 217 Å². The fourth-order valence-corrected chi connectivity index (χ4v) is 4.53. The van der Waals surface area contributed by atoms with Gasteiger partial charge in [0.1, 0.15) is 5.52 Å². The number of oxazole rings is 1. The molecule has 10 heteroatoms. The van der Waals surface area contributed by atoms with Crippen molar-refractivity contribution in [3.8, 4) is 11.5 Å². The van der Waals surface area contributed by atoms with Crippen LogP contribution >= 0.6 is 69.8 Å². The van der Waals surface area contributed by atoms with E-state index in [1.807, 2.05) is 30.3 Å². The monoisotopic (exact) mass is 613 g/mol. The van der Waals surface area contributed by atoms with Crippen molar-refractivity contribution in [1.82, 2.24) is 10.3 Å². The fourth-order valence-electron chi connectivity index (χ4n) is 2.79. The van der Waals surface area contributed by atoms with E-state index in [0.717, 1.165) is 14.0 Å². The van der Waals surface area contributed by atoms with Crippen molar-refractivity contribution >= 4 is 97.6 Å². The second kappa shape index (κ2) is 10.4. The summed E-state index contributed by atoms with van der Waals surface area (Å²) in [6, 6.07) is 18.3. The molecule has 0 radical (unpaired) electrons. The molecule has 4 rings (SSSR count). The molecule has 2 N–H and O–H groups in total. The van der Waals surface area contributed by atoms with E-state index in [4.69, 9.17) is 39.8 Å². The molecule has 1 heterocycles. The summed E-state index contributed by atoms with van der Waals surface area (Å²) in [5, 5.41) is 7.10. The average molecular weight is 614 g/mol. The molecule has 1 aromatic heterocycles. The Morgan fingerprint density at radius 2 is 1.88 bits per heavy atom. The Bertz CT molecular complexity index is 1310. The topological polar surface area (TPSA) is 67.2 Å². The number of hydrogen-bond donors (Lipinski definition) is 2. The molecule has 0 saturated carbocycles. The van der Waals surface area contributed by atoms with E-state index in [-0.39, 0.29) is 16.8 Å². The number of rotatable bonds is 5. The minimum atomic E-state index is -0.208. The Kier molecular flexibility index (Phi) is 7.57. The molecule has 32 heavy (non-hydrogen) atoms. The fraction of sp³-hybridized carbons (Fsp3) is 0.0455. The predicted molar refractivity (Wildman–Crippen MR) is 144 cm³/mol. The van der Waals surface area contributed by atoms with Gasteiger partial charge in [0.25, 0.3) is 0 Å². The van der Waals surface area contributed by atoms with Gasteiger partial charge >= 0.3 is 0 Å². The van der Waals surface area contributed by atoms with Crippen molar-refractivity contribution < 1.29 is 9.21 Å². The molecule has 5 nitrogen and oxygen atoms in total. The molecule has 4 aromatic rings. The van der Waals surface area contributed by atoms with Crippen LogP contribution in [-0.4, -0.2) is 21.8 Å². The summed E-state index contributed by atoms with van der Waals surface area (Å²) < 4.78 is 6.89. The van der Waals surface area contributed by atoms with E-state index in [9.17, 15) is 4.79 Å². The lowest BCUT2D eigenvalue weighted by Gasteiger charge is -2.09.